The first-order valence-electron chi connectivity index (χ1n) is 7.81. The summed E-state index contributed by atoms with van der Waals surface area (Å²) >= 11 is 0. The molecule has 0 heterocycles. The van der Waals surface area contributed by atoms with Crippen molar-refractivity contribution in [2.45, 2.75) is 13.5 Å². The van der Waals surface area contributed by atoms with Crippen molar-refractivity contribution < 1.29 is 19.1 Å². The summed E-state index contributed by atoms with van der Waals surface area (Å²) in [7, 11) is 1.56. The van der Waals surface area contributed by atoms with Crippen LogP contribution in [-0.4, -0.2) is 31.3 Å². The van der Waals surface area contributed by atoms with E-state index in [0.717, 1.165) is 5.56 Å². The zero-order valence-electron chi connectivity index (χ0n) is 14.2. The molecule has 2 aromatic carbocycles. The average Bonchev–Trinajstić information content (AvgIpc) is 2.64. The Morgan fingerprint density at radius 2 is 1.72 bits per heavy atom. The molecule has 6 heteroatoms. The summed E-state index contributed by atoms with van der Waals surface area (Å²) in [6, 6.07) is 13.7. The average molecular weight is 340 g/mol. The standard InChI is InChI=1S/C19H20N2O4/c1-13(22)15-6-4-8-17(10-15)25-12-18(23)21-11-14-5-3-7-16(9-14)19(24)20-2/h3-10H,11-12H2,1-2H3,(H,20,24)(H,21,23). The number of hydrogen-bond donors (Lipinski definition) is 2. The summed E-state index contributed by atoms with van der Waals surface area (Å²) < 4.78 is 5.40. The summed E-state index contributed by atoms with van der Waals surface area (Å²) in [5, 5.41) is 5.28. The highest BCUT2D eigenvalue weighted by Gasteiger charge is 2.07. The molecule has 0 radical (unpaired) electrons. The predicted molar refractivity (Wildman–Crippen MR) is 93.6 cm³/mol. The van der Waals surface area contributed by atoms with E-state index in [1.807, 2.05) is 6.07 Å². The Labute approximate surface area is 146 Å². The minimum atomic E-state index is -0.293. The third-order valence-electron chi connectivity index (χ3n) is 3.52. The Morgan fingerprint density at radius 1 is 1.00 bits per heavy atom. The van der Waals surface area contributed by atoms with Gasteiger partial charge in [-0.05, 0) is 36.8 Å². The Hall–Kier alpha value is -3.15. The fourth-order valence-corrected chi connectivity index (χ4v) is 2.17. The van der Waals surface area contributed by atoms with Crippen molar-refractivity contribution in [1.29, 1.82) is 0 Å². The summed E-state index contributed by atoms with van der Waals surface area (Å²) in [6.45, 7) is 1.61. The van der Waals surface area contributed by atoms with Crippen molar-refractivity contribution in [3.8, 4) is 5.75 Å². The van der Waals surface area contributed by atoms with Crippen LogP contribution in [0.3, 0.4) is 0 Å². The van der Waals surface area contributed by atoms with Gasteiger partial charge in [-0.1, -0.05) is 24.3 Å². The van der Waals surface area contributed by atoms with Crippen LogP contribution in [-0.2, 0) is 11.3 Å². The number of amides is 2. The van der Waals surface area contributed by atoms with Crippen molar-refractivity contribution in [1.82, 2.24) is 10.6 Å². The quantitative estimate of drug-likeness (QED) is 0.755. The molecule has 2 N–H and O–H groups in total. The lowest BCUT2D eigenvalue weighted by atomic mass is 10.1. The SMILES string of the molecule is CNC(=O)c1cccc(CNC(=O)COc2cccc(C(C)=O)c2)c1. The van der Waals surface area contributed by atoms with Gasteiger partial charge in [-0.25, -0.2) is 0 Å². The van der Waals surface area contributed by atoms with E-state index >= 15 is 0 Å². The first-order valence-corrected chi connectivity index (χ1v) is 7.81. The monoisotopic (exact) mass is 340 g/mol. The normalized spacial score (nSPS) is 10.0. The second-order valence-corrected chi connectivity index (χ2v) is 5.43. The van der Waals surface area contributed by atoms with Crippen LogP contribution in [0.25, 0.3) is 0 Å². The van der Waals surface area contributed by atoms with Gasteiger partial charge < -0.3 is 15.4 Å². The molecular weight excluding hydrogens is 320 g/mol. The van der Waals surface area contributed by atoms with E-state index in [4.69, 9.17) is 4.74 Å². The zero-order valence-corrected chi connectivity index (χ0v) is 14.2. The van der Waals surface area contributed by atoms with Gasteiger partial charge in [0.15, 0.2) is 12.4 Å². The molecule has 0 aliphatic carbocycles. The maximum absolute atomic E-state index is 11.9. The highest BCUT2D eigenvalue weighted by Crippen LogP contribution is 2.13. The van der Waals surface area contributed by atoms with Crippen LogP contribution in [0.5, 0.6) is 5.75 Å². The van der Waals surface area contributed by atoms with Crippen molar-refractivity contribution in [2.24, 2.45) is 0 Å². The van der Waals surface area contributed by atoms with Gasteiger partial charge in [-0.2, -0.15) is 0 Å². The highest BCUT2D eigenvalue weighted by atomic mass is 16.5. The molecule has 0 aliphatic heterocycles. The lowest BCUT2D eigenvalue weighted by Crippen LogP contribution is -2.28. The molecule has 6 nitrogen and oxygen atoms in total. The Balaban J connectivity index is 1.86. The number of carbonyl (C=O) groups is 3. The molecular formula is C19H20N2O4. The Bertz CT molecular complexity index is 786. The summed E-state index contributed by atoms with van der Waals surface area (Å²) in [6.07, 6.45) is 0. The number of nitrogens with one attached hydrogen (secondary N) is 2. The number of ketones is 1. The van der Waals surface area contributed by atoms with E-state index in [1.54, 1.807) is 49.5 Å². The number of carbonyl (C=O) groups excluding carboxylic acids is 3. The molecule has 0 bridgehead atoms. The van der Waals surface area contributed by atoms with Gasteiger partial charge in [0, 0.05) is 24.7 Å². The smallest absolute Gasteiger partial charge is 0.258 e. The molecule has 2 aromatic rings. The molecule has 0 atom stereocenters. The van der Waals surface area contributed by atoms with Crippen LogP contribution in [0, 0.1) is 0 Å². The fourth-order valence-electron chi connectivity index (χ4n) is 2.17. The number of hydrogen-bond acceptors (Lipinski definition) is 4. The number of rotatable bonds is 7. The van der Waals surface area contributed by atoms with Crippen molar-refractivity contribution in [2.75, 3.05) is 13.7 Å². The highest BCUT2D eigenvalue weighted by molar-refractivity contribution is 5.94. The minimum absolute atomic E-state index is 0.0640. The van der Waals surface area contributed by atoms with E-state index in [2.05, 4.69) is 10.6 Å². The second kappa shape index (κ2) is 8.63. The van der Waals surface area contributed by atoms with Crippen LogP contribution in [0.1, 0.15) is 33.2 Å². The van der Waals surface area contributed by atoms with Crippen molar-refractivity contribution in [3.63, 3.8) is 0 Å². The third kappa shape index (κ3) is 5.46. The fraction of sp³-hybridized carbons (Fsp3) is 0.211. The van der Waals surface area contributed by atoms with Crippen LogP contribution in [0.15, 0.2) is 48.5 Å². The number of benzene rings is 2. The third-order valence-corrected chi connectivity index (χ3v) is 3.52. The Morgan fingerprint density at radius 3 is 2.44 bits per heavy atom. The van der Waals surface area contributed by atoms with E-state index in [0.29, 0.717) is 23.4 Å². The zero-order chi connectivity index (χ0) is 18.2. The molecule has 2 rings (SSSR count). The summed E-state index contributed by atoms with van der Waals surface area (Å²) in [4.78, 5) is 34.8. The second-order valence-electron chi connectivity index (χ2n) is 5.43. The molecule has 0 spiro atoms. The number of Topliss-reactive ketones (excluding diaryl/α,β-unsaturated/α-hetero) is 1. The van der Waals surface area contributed by atoms with Gasteiger partial charge in [0.05, 0.1) is 0 Å². The van der Waals surface area contributed by atoms with Crippen LogP contribution in [0.4, 0.5) is 0 Å². The lowest BCUT2D eigenvalue weighted by Gasteiger charge is -2.09. The molecule has 0 aromatic heterocycles. The van der Waals surface area contributed by atoms with Crippen molar-refractivity contribution in [3.05, 3.63) is 65.2 Å². The molecule has 0 fully saturated rings. The Kier molecular flexibility index (Phi) is 6.28. The van der Waals surface area contributed by atoms with E-state index in [1.165, 1.54) is 6.92 Å². The van der Waals surface area contributed by atoms with E-state index < -0.39 is 0 Å². The van der Waals surface area contributed by atoms with E-state index in [9.17, 15) is 14.4 Å². The maximum Gasteiger partial charge on any atom is 0.258 e. The van der Waals surface area contributed by atoms with Crippen LogP contribution in [0.2, 0.25) is 0 Å². The van der Waals surface area contributed by atoms with Gasteiger partial charge in [0.25, 0.3) is 11.8 Å². The van der Waals surface area contributed by atoms with Gasteiger partial charge in [-0.3, -0.25) is 14.4 Å². The first kappa shape index (κ1) is 18.2. The largest absolute Gasteiger partial charge is 0.484 e. The van der Waals surface area contributed by atoms with Crippen LogP contribution < -0.4 is 15.4 Å². The molecule has 0 aliphatic rings. The van der Waals surface area contributed by atoms with Gasteiger partial charge in [0.2, 0.25) is 0 Å². The first-order chi connectivity index (χ1) is 12.0. The molecule has 0 unspecified atom stereocenters. The summed E-state index contributed by atoms with van der Waals surface area (Å²) in [5.41, 5.74) is 1.88. The molecule has 2 amide bonds. The van der Waals surface area contributed by atoms with Gasteiger partial charge in [-0.15, -0.1) is 0 Å². The predicted octanol–water partition coefficient (Wildman–Crippen LogP) is 1.94. The summed E-state index contributed by atoms with van der Waals surface area (Å²) in [5.74, 6) is -0.0733. The topological polar surface area (TPSA) is 84.5 Å². The maximum atomic E-state index is 11.9. The lowest BCUT2D eigenvalue weighted by molar-refractivity contribution is -0.123. The molecule has 25 heavy (non-hydrogen) atoms. The molecule has 130 valence electrons. The van der Waals surface area contributed by atoms with Gasteiger partial charge in [0.1, 0.15) is 5.75 Å². The molecule has 0 saturated carbocycles. The minimum Gasteiger partial charge on any atom is -0.484 e. The van der Waals surface area contributed by atoms with Crippen molar-refractivity contribution >= 4 is 17.6 Å². The molecule has 0 saturated heterocycles. The van der Waals surface area contributed by atoms with E-state index in [-0.39, 0.29) is 24.2 Å². The van der Waals surface area contributed by atoms with Gasteiger partial charge >= 0.3 is 0 Å². The van der Waals surface area contributed by atoms with Crippen LogP contribution >= 0.6 is 0 Å². The number of ether oxygens (including phenoxy) is 1.